The van der Waals surface area contributed by atoms with Crippen LogP contribution in [0, 0.1) is 5.82 Å². The predicted octanol–water partition coefficient (Wildman–Crippen LogP) is 4.73. The van der Waals surface area contributed by atoms with Gasteiger partial charge in [-0.2, -0.15) is 0 Å². The van der Waals surface area contributed by atoms with E-state index < -0.39 is 0 Å². The zero-order valence-electron chi connectivity index (χ0n) is 17.1. The summed E-state index contributed by atoms with van der Waals surface area (Å²) in [4.78, 5) is 28.0. The van der Waals surface area contributed by atoms with E-state index in [1.54, 1.807) is 17.0 Å². The highest BCUT2D eigenvalue weighted by atomic mass is 32.1. The highest BCUT2D eigenvalue weighted by molar-refractivity contribution is 7.10. The maximum Gasteiger partial charge on any atom is 0.232 e. The molecule has 0 saturated carbocycles. The van der Waals surface area contributed by atoms with Crippen LogP contribution in [0.1, 0.15) is 29.9 Å². The average Bonchev–Trinajstić information content (AvgIpc) is 3.20. The van der Waals surface area contributed by atoms with Crippen LogP contribution >= 0.6 is 11.3 Å². The van der Waals surface area contributed by atoms with E-state index in [1.165, 1.54) is 23.5 Å². The van der Waals surface area contributed by atoms with E-state index in [1.807, 2.05) is 55.6 Å². The molecular weight excluding hydrogens is 399 g/mol. The van der Waals surface area contributed by atoms with E-state index in [0.717, 1.165) is 21.7 Å². The Bertz CT molecular complexity index is 985. The minimum atomic E-state index is -0.312. The second-order valence-corrected chi connectivity index (χ2v) is 8.46. The highest BCUT2D eigenvalue weighted by Gasteiger charge is 2.18. The lowest BCUT2D eigenvalue weighted by atomic mass is 10.1. The van der Waals surface area contributed by atoms with Gasteiger partial charge in [0.05, 0.1) is 19.4 Å². The molecule has 3 aromatic rings. The third-order valence-corrected chi connectivity index (χ3v) is 5.37. The smallest absolute Gasteiger partial charge is 0.232 e. The largest absolute Gasteiger partial charge is 0.354 e. The monoisotopic (exact) mass is 424 g/mol. The summed E-state index contributed by atoms with van der Waals surface area (Å²) in [6.45, 7) is 4.16. The van der Waals surface area contributed by atoms with Gasteiger partial charge in [-0.25, -0.2) is 4.39 Å². The second kappa shape index (κ2) is 10.2. The first-order valence-electron chi connectivity index (χ1n) is 9.86. The molecule has 0 atom stereocenters. The lowest BCUT2D eigenvalue weighted by molar-refractivity contribution is -0.121. The third-order valence-electron chi connectivity index (χ3n) is 4.50. The molecule has 3 rings (SSSR count). The molecular formula is C24H25FN2O2S. The Morgan fingerprint density at radius 2 is 1.77 bits per heavy atom. The molecule has 156 valence electrons. The number of rotatable bonds is 8. The van der Waals surface area contributed by atoms with Crippen LogP contribution in [0.25, 0.3) is 0 Å². The van der Waals surface area contributed by atoms with Crippen molar-refractivity contribution in [3.05, 3.63) is 87.9 Å². The predicted molar refractivity (Wildman–Crippen MR) is 119 cm³/mol. The van der Waals surface area contributed by atoms with Gasteiger partial charge in [0.2, 0.25) is 11.8 Å². The number of anilines is 1. The van der Waals surface area contributed by atoms with Crippen molar-refractivity contribution in [1.82, 2.24) is 5.32 Å². The zero-order valence-corrected chi connectivity index (χ0v) is 17.9. The van der Waals surface area contributed by atoms with Crippen molar-refractivity contribution < 1.29 is 14.0 Å². The molecule has 0 saturated heterocycles. The minimum Gasteiger partial charge on any atom is -0.354 e. The first kappa shape index (κ1) is 21.7. The van der Waals surface area contributed by atoms with Crippen LogP contribution in [0.4, 0.5) is 10.1 Å². The molecule has 0 bridgehead atoms. The average molecular weight is 425 g/mol. The van der Waals surface area contributed by atoms with Gasteiger partial charge in [0.25, 0.3) is 0 Å². The van der Waals surface area contributed by atoms with Gasteiger partial charge in [0.1, 0.15) is 5.82 Å². The van der Waals surface area contributed by atoms with E-state index in [0.29, 0.717) is 6.54 Å². The fraction of sp³-hybridized carbons (Fsp3) is 0.250. The molecule has 1 heterocycles. The Balaban J connectivity index is 1.85. The lowest BCUT2D eigenvalue weighted by Gasteiger charge is -2.24. The quantitative estimate of drug-likeness (QED) is 0.568. The summed E-state index contributed by atoms with van der Waals surface area (Å²) in [6.07, 6.45) is 0.534. The summed E-state index contributed by atoms with van der Waals surface area (Å²) in [5.74, 6) is -0.420. The molecule has 0 spiro atoms. The maximum absolute atomic E-state index is 13.3. The van der Waals surface area contributed by atoms with Crippen LogP contribution in [-0.4, -0.2) is 17.9 Å². The first-order valence-corrected chi connectivity index (χ1v) is 10.7. The minimum absolute atomic E-state index is 0.0504. The zero-order chi connectivity index (χ0) is 21.5. The summed E-state index contributed by atoms with van der Waals surface area (Å²) >= 11 is 1.54. The van der Waals surface area contributed by atoms with Crippen LogP contribution in [-0.2, 0) is 29.0 Å². The Morgan fingerprint density at radius 3 is 2.43 bits per heavy atom. The van der Waals surface area contributed by atoms with Crippen molar-refractivity contribution >= 4 is 28.8 Å². The van der Waals surface area contributed by atoms with Crippen LogP contribution < -0.4 is 10.2 Å². The molecule has 0 aliphatic rings. The molecule has 1 aromatic heterocycles. The Morgan fingerprint density at radius 1 is 1.00 bits per heavy atom. The van der Waals surface area contributed by atoms with E-state index >= 15 is 0 Å². The van der Waals surface area contributed by atoms with Gasteiger partial charge in [-0.05, 0) is 60.7 Å². The summed E-state index contributed by atoms with van der Waals surface area (Å²) in [6, 6.07) is 17.5. The molecule has 0 unspecified atom stereocenters. The van der Waals surface area contributed by atoms with E-state index in [9.17, 15) is 14.0 Å². The Labute approximate surface area is 180 Å². The number of thiophene rings is 1. The Hall–Kier alpha value is -2.99. The van der Waals surface area contributed by atoms with Crippen molar-refractivity contribution in [2.24, 2.45) is 0 Å². The number of amides is 2. The number of benzene rings is 2. The summed E-state index contributed by atoms with van der Waals surface area (Å²) in [5, 5.41) is 4.83. The number of nitrogens with one attached hydrogen (secondary N) is 1. The van der Waals surface area contributed by atoms with Crippen molar-refractivity contribution in [2.75, 3.05) is 4.90 Å². The van der Waals surface area contributed by atoms with E-state index in [2.05, 4.69) is 5.32 Å². The van der Waals surface area contributed by atoms with Crippen LogP contribution in [0.5, 0.6) is 0 Å². The van der Waals surface area contributed by atoms with Gasteiger partial charge in [-0.3, -0.25) is 9.59 Å². The Kier molecular flexibility index (Phi) is 7.36. The van der Waals surface area contributed by atoms with Gasteiger partial charge in [0.15, 0.2) is 0 Å². The van der Waals surface area contributed by atoms with Gasteiger partial charge >= 0.3 is 0 Å². The van der Waals surface area contributed by atoms with Gasteiger partial charge in [0, 0.05) is 16.6 Å². The molecule has 0 fully saturated rings. The SMILES string of the molecule is CC(C)NC(=O)Cc1cccc(N(Cc2ccc(F)cc2)C(=O)Cc2cccs2)c1. The number of carbonyl (C=O) groups is 2. The normalized spacial score (nSPS) is 10.8. The maximum atomic E-state index is 13.3. The van der Waals surface area contributed by atoms with Crippen molar-refractivity contribution in [2.45, 2.75) is 39.3 Å². The number of halogens is 1. The molecule has 4 nitrogen and oxygen atoms in total. The third kappa shape index (κ3) is 6.26. The van der Waals surface area contributed by atoms with Gasteiger partial charge in [-0.15, -0.1) is 11.3 Å². The molecule has 1 N–H and O–H groups in total. The topological polar surface area (TPSA) is 49.4 Å². The number of hydrogen-bond acceptors (Lipinski definition) is 3. The van der Waals surface area contributed by atoms with E-state index in [4.69, 9.17) is 0 Å². The van der Waals surface area contributed by atoms with Crippen molar-refractivity contribution in [1.29, 1.82) is 0 Å². The van der Waals surface area contributed by atoms with Crippen molar-refractivity contribution in [3.8, 4) is 0 Å². The van der Waals surface area contributed by atoms with Crippen LogP contribution in [0.15, 0.2) is 66.0 Å². The summed E-state index contributed by atoms with van der Waals surface area (Å²) in [7, 11) is 0. The second-order valence-electron chi connectivity index (χ2n) is 7.43. The van der Waals surface area contributed by atoms with Crippen LogP contribution in [0.3, 0.4) is 0 Å². The molecule has 0 radical (unpaired) electrons. The summed E-state index contributed by atoms with van der Waals surface area (Å²) in [5.41, 5.74) is 2.38. The molecule has 0 aliphatic carbocycles. The molecule has 6 heteroatoms. The lowest BCUT2D eigenvalue weighted by Crippen LogP contribution is -2.32. The van der Waals surface area contributed by atoms with Crippen molar-refractivity contribution in [3.63, 3.8) is 0 Å². The molecule has 2 aromatic carbocycles. The van der Waals surface area contributed by atoms with E-state index in [-0.39, 0.29) is 36.5 Å². The van der Waals surface area contributed by atoms with Gasteiger partial charge in [-0.1, -0.05) is 30.3 Å². The summed E-state index contributed by atoms with van der Waals surface area (Å²) < 4.78 is 13.3. The molecule has 0 aliphatic heterocycles. The highest BCUT2D eigenvalue weighted by Crippen LogP contribution is 2.22. The number of carbonyl (C=O) groups excluding carboxylic acids is 2. The van der Waals surface area contributed by atoms with Gasteiger partial charge < -0.3 is 10.2 Å². The number of nitrogens with zero attached hydrogens (tertiary/aromatic N) is 1. The van der Waals surface area contributed by atoms with Crippen LogP contribution in [0.2, 0.25) is 0 Å². The molecule has 30 heavy (non-hydrogen) atoms. The number of hydrogen-bond donors (Lipinski definition) is 1. The first-order chi connectivity index (χ1) is 14.4. The standard InChI is InChI=1S/C24H25FN2O2S/c1-17(2)26-23(28)14-19-5-3-6-21(13-19)27(16-18-8-10-20(25)11-9-18)24(29)15-22-7-4-12-30-22/h3-13,17H,14-16H2,1-2H3,(H,26,28). The fourth-order valence-corrected chi connectivity index (χ4v) is 3.84. The fourth-order valence-electron chi connectivity index (χ4n) is 3.15. The molecule has 2 amide bonds.